The van der Waals surface area contributed by atoms with Crippen LogP contribution in [0.25, 0.3) is 33.5 Å². The Kier molecular flexibility index (Phi) is 4.84. The van der Waals surface area contributed by atoms with Crippen molar-refractivity contribution in [3.63, 3.8) is 0 Å². The second-order valence-corrected chi connectivity index (χ2v) is 8.40. The average molecular weight is 450 g/mol. The van der Waals surface area contributed by atoms with Gasteiger partial charge >= 0.3 is 0 Å². The molecule has 4 aromatic rings. The molecule has 2 aliphatic heterocycles. The van der Waals surface area contributed by atoms with Crippen LogP contribution < -0.4 is 4.74 Å². The van der Waals surface area contributed by atoms with Gasteiger partial charge in [-0.15, -0.1) is 0 Å². The molecule has 0 unspecified atom stereocenters. The number of aliphatic hydroxyl groups excluding tert-OH is 1. The van der Waals surface area contributed by atoms with Crippen molar-refractivity contribution in [2.75, 3.05) is 13.2 Å². The fourth-order valence-electron chi connectivity index (χ4n) is 4.29. The van der Waals surface area contributed by atoms with Crippen molar-refractivity contribution in [3.8, 4) is 28.4 Å². The lowest BCUT2D eigenvalue weighted by Gasteiger charge is -2.15. The summed E-state index contributed by atoms with van der Waals surface area (Å²) >= 11 is 6.54. The highest BCUT2D eigenvalue weighted by molar-refractivity contribution is 6.33. The molecule has 2 aliphatic rings. The fraction of sp³-hybridized carbons (Fsp3) is 0.250. The van der Waals surface area contributed by atoms with Crippen molar-refractivity contribution in [1.29, 1.82) is 0 Å². The lowest BCUT2D eigenvalue weighted by Crippen LogP contribution is -2.34. The molecule has 2 aromatic carbocycles. The number of imidazole rings is 1. The summed E-state index contributed by atoms with van der Waals surface area (Å²) in [5.41, 5.74) is 5.02. The van der Waals surface area contributed by atoms with Crippen molar-refractivity contribution in [2.45, 2.75) is 24.4 Å². The van der Waals surface area contributed by atoms with E-state index in [9.17, 15) is 5.11 Å². The van der Waals surface area contributed by atoms with E-state index in [1.165, 1.54) is 0 Å². The van der Waals surface area contributed by atoms with Crippen molar-refractivity contribution in [2.24, 2.45) is 0 Å². The number of fused-ring (bicyclic) bond motifs is 2. The molecule has 0 amide bonds. The number of aromatic nitrogens is 3. The maximum absolute atomic E-state index is 9.90. The maximum Gasteiger partial charge on any atom is 0.296 e. The summed E-state index contributed by atoms with van der Waals surface area (Å²) in [4.78, 5) is 12.3. The third-order valence-corrected chi connectivity index (χ3v) is 6.20. The number of hydrogen-bond donors (Lipinski definition) is 2. The molecule has 2 fully saturated rings. The molecule has 6 rings (SSSR count). The molecule has 0 aliphatic carbocycles. The summed E-state index contributed by atoms with van der Waals surface area (Å²) in [6, 6.07) is 20.4. The number of nitrogens with zero attached hydrogens (tertiary/aromatic N) is 2. The molecular formula is C24H20ClN3O4. The number of aromatic amines is 1. The van der Waals surface area contributed by atoms with Gasteiger partial charge in [-0.3, -0.25) is 0 Å². The van der Waals surface area contributed by atoms with E-state index >= 15 is 0 Å². The van der Waals surface area contributed by atoms with Gasteiger partial charge in [-0.2, -0.15) is 4.98 Å². The molecule has 32 heavy (non-hydrogen) atoms. The summed E-state index contributed by atoms with van der Waals surface area (Å²) in [6.07, 6.45) is -1.64. The number of pyridine rings is 1. The molecule has 0 bridgehead atoms. The standard InChI is InChI=1S/C24H20ClN3O4/c25-16-10-17-23(28-24(26-17)32-19-12-31-21-18(29)11-30-22(19)21)27-20(16)15-8-6-14(7-9-15)13-4-2-1-3-5-13/h1-10,18-19,21-22,29H,11-12H2,(H,26,27,28)/t18-,19-,21-,22-/m1/s1. The first kappa shape index (κ1) is 19.7. The van der Waals surface area contributed by atoms with E-state index in [0.29, 0.717) is 34.5 Å². The van der Waals surface area contributed by atoms with Crippen LogP contribution in [0.5, 0.6) is 6.01 Å². The number of H-pyrrole nitrogens is 1. The third-order valence-electron chi connectivity index (χ3n) is 5.92. The number of rotatable bonds is 4. The van der Waals surface area contributed by atoms with Gasteiger partial charge < -0.3 is 24.3 Å². The van der Waals surface area contributed by atoms with Crippen LogP contribution in [0, 0.1) is 0 Å². The van der Waals surface area contributed by atoms with Crippen LogP contribution in [0.4, 0.5) is 0 Å². The SMILES string of the molecule is O[C@@H]1CO[C@H]2[C@@H]1OC[C@H]2Oc1nc2nc(-c3ccc(-c4ccccc4)cc3)c(Cl)cc2[nH]1. The van der Waals surface area contributed by atoms with Crippen LogP contribution >= 0.6 is 11.6 Å². The van der Waals surface area contributed by atoms with Gasteiger partial charge in [-0.25, -0.2) is 4.98 Å². The Balaban J connectivity index is 1.26. The van der Waals surface area contributed by atoms with Crippen LogP contribution in [-0.4, -0.2) is 57.7 Å². The zero-order valence-corrected chi connectivity index (χ0v) is 17.7. The van der Waals surface area contributed by atoms with Crippen LogP contribution in [0.3, 0.4) is 0 Å². The minimum absolute atomic E-state index is 0.249. The first-order valence-electron chi connectivity index (χ1n) is 10.5. The van der Waals surface area contributed by atoms with Gasteiger partial charge in [0, 0.05) is 5.56 Å². The topological polar surface area (TPSA) is 89.5 Å². The molecule has 2 saturated heterocycles. The van der Waals surface area contributed by atoms with Crippen LogP contribution in [0.2, 0.25) is 5.02 Å². The highest BCUT2D eigenvalue weighted by Crippen LogP contribution is 2.33. The summed E-state index contributed by atoms with van der Waals surface area (Å²) < 4.78 is 17.2. The van der Waals surface area contributed by atoms with E-state index in [0.717, 1.165) is 16.7 Å². The first-order chi connectivity index (χ1) is 15.7. The minimum atomic E-state index is -0.624. The molecule has 0 spiro atoms. The van der Waals surface area contributed by atoms with Crippen molar-refractivity contribution in [1.82, 2.24) is 15.0 Å². The maximum atomic E-state index is 9.90. The molecule has 4 atom stereocenters. The Bertz CT molecular complexity index is 1260. The van der Waals surface area contributed by atoms with E-state index in [2.05, 4.69) is 39.2 Å². The second-order valence-electron chi connectivity index (χ2n) is 7.99. The molecule has 0 radical (unpaired) electrons. The largest absolute Gasteiger partial charge is 0.456 e. The van der Waals surface area contributed by atoms with Gasteiger partial charge in [-0.1, -0.05) is 66.2 Å². The number of hydrogen-bond acceptors (Lipinski definition) is 6. The van der Waals surface area contributed by atoms with Gasteiger partial charge in [0.1, 0.15) is 18.3 Å². The predicted molar refractivity (Wildman–Crippen MR) is 120 cm³/mol. The van der Waals surface area contributed by atoms with Gasteiger partial charge in [0.05, 0.1) is 29.4 Å². The summed E-state index contributed by atoms with van der Waals surface area (Å²) in [6.45, 7) is 0.579. The van der Waals surface area contributed by atoms with Gasteiger partial charge in [0.25, 0.3) is 6.01 Å². The Morgan fingerprint density at radius 2 is 1.62 bits per heavy atom. The lowest BCUT2D eigenvalue weighted by atomic mass is 10.0. The van der Waals surface area contributed by atoms with E-state index in [1.807, 2.05) is 30.3 Å². The number of nitrogens with one attached hydrogen (secondary N) is 1. The van der Waals surface area contributed by atoms with E-state index in [-0.39, 0.29) is 24.9 Å². The number of aliphatic hydroxyl groups is 1. The summed E-state index contributed by atoms with van der Waals surface area (Å²) in [7, 11) is 0. The average Bonchev–Trinajstić information content (AvgIpc) is 3.51. The van der Waals surface area contributed by atoms with Gasteiger partial charge in [0.15, 0.2) is 11.8 Å². The second kappa shape index (κ2) is 7.86. The monoisotopic (exact) mass is 449 g/mol. The number of benzene rings is 2. The third kappa shape index (κ3) is 3.43. The molecule has 8 heteroatoms. The molecule has 7 nitrogen and oxygen atoms in total. The molecule has 0 saturated carbocycles. The van der Waals surface area contributed by atoms with Gasteiger partial charge in [0.2, 0.25) is 0 Å². The van der Waals surface area contributed by atoms with Crippen molar-refractivity contribution >= 4 is 22.8 Å². The molecule has 162 valence electrons. The van der Waals surface area contributed by atoms with E-state index < -0.39 is 6.10 Å². The lowest BCUT2D eigenvalue weighted by molar-refractivity contribution is 0.00706. The fourth-order valence-corrected chi connectivity index (χ4v) is 4.55. The molecule has 2 N–H and O–H groups in total. The normalized spacial score (nSPS) is 24.7. The quantitative estimate of drug-likeness (QED) is 0.492. The highest BCUT2D eigenvalue weighted by atomic mass is 35.5. The smallest absolute Gasteiger partial charge is 0.296 e. The Hall–Kier alpha value is -2.97. The van der Waals surface area contributed by atoms with Crippen molar-refractivity contribution < 1.29 is 19.3 Å². The van der Waals surface area contributed by atoms with Crippen molar-refractivity contribution in [3.05, 3.63) is 65.7 Å². The number of halogens is 1. The molecule has 4 heterocycles. The molecule has 2 aromatic heterocycles. The molecular weight excluding hydrogens is 430 g/mol. The van der Waals surface area contributed by atoms with Crippen LogP contribution in [-0.2, 0) is 9.47 Å². The van der Waals surface area contributed by atoms with Gasteiger partial charge in [-0.05, 0) is 17.2 Å². The van der Waals surface area contributed by atoms with Crippen LogP contribution in [0.15, 0.2) is 60.7 Å². The Morgan fingerprint density at radius 3 is 2.44 bits per heavy atom. The first-order valence-corrected chi connectivity index (χ1v) is 10.8. The Morgan fingerprint density at radius 1 is 0.906 bits per heavy atom. The van der Waals surface area contributed by atoms with E-state index in [4.69, 9.17) is 25.8 Å². The van der Waals surface area contributed by atoms with E-state index in [1.54, 1.807) is 6.07 Å². The highest BCUT2D eigenvalue weighted by Gasteiger charge is 2.48. The summed E-state index contributed by atoms with van der Waals surface area (Å²) in [5.74, 6) is 0. The predicted octanol–water partition coefficient (Wildman–Crippen LogP) is 3.85. The number of ether oxygens (including phenoxy) is 3. The zero-order valence-electron chi connectivity index (χ0n) is 16.9. The zero-order chi connectivity index (χ0) is 21.7. The van der Waals surface area contributed by atoms with Crippen LogP contribution in [0.1, 0.15) is 0 Å². The Labute approximate surface area is 188 Å². The summed E-state index contributed by atoms with van der Waals surface area (Å²) in [5, 5.41) is 10.4. The minimum Gasteiger partial charge on any atom is -0.456 e.